The third-order valence-electron chi connectivity index (χ3n) is 2.70. The molecule has 21 heavy (non-hydrogen) atoms. The second kappa shape index (κ2) is 5.82. The molecule has 0 aliphatic carbocycles. The number of carboxylic acids is 1. The molecule has 1 aromatic carbocycles. The van der Waals surface area contributed by atoms with E-state index in [9.17, 15) is 18.0 Å². The molecule has 4 nitrogen and oxygen atoms in total. The number of nitrogens with one attached hydrogen (secondary N) is 1. The molecule has 0 spiro atoms. The Bertz CT molecular complexity index is 657. The first-order chi connectivity index (χ1) is 9.86. The van der Waals surface area contributed by atoms with Crippen LogP contribution >= 0.6 is 0 Å². The average molecular weight is 296 g/mol. The molecule has 2 aromatic rings. The van der Waals surface area contributed by atoms with Gasteiger partial charge in [0.05, 0.1) is 5.56 Å². The minimum absolute atomic E-state index is 0.111. The molecule has 0 aliphatic rings. The highest BCUT2D eigenvalue weighted by molar-refractivity contribution is 5.85. The van der Waals surface area contributed by atoms with Crippen molar-refractivity contribution in [2.75, 3.05) is 5.32 Å². The summed E-state index contributed by atoms with van der Waals surface area (Å²) in [5.74, 6) is -0.884. The molecule has 1 aromatic heterocycles. The Labute approximate surface area is 118 Å². The van der Waals surface area contributed by atoms with Gasteiger partial charge in [-0.05, 0) is 29.8 Å². The summed E-state index contributed by atoms with van der Waals surface area (Å²) in [7, 11) is 0. The molecule has 0 amide bonds. The number of carboxylic acid groups (broad SMARTS) is 1. The molecule has 0 bridgehead atoms. The molecular formula is C14H11F3N2O2. The number of nitrogens with zero attached hydrogens (tertiary/aromatic N) is 1. The molecule has 110 valence electrons. The summed E-state index contributed by atoms with van der Waals surface area (Å²) in [4.78, 5) is 14.6. The van der Waals surface area contributed by atoms with Crippen LogP contribution in [0.4, 0.5) is 19.0 Å². The summed E-state index contributed by atoms with van der Waals surface area (Å²) in [6, 6.07) is 9.27. The van der Waals surface area contributed by atoms with Gasteiger partial charge >= 0.3 is 12.1 Å². The number of carbonyl (C=O) groups is 1. The first kappa shape index (κ1) is 14.8. The number of aromatic carboxylic acids is 1. The van der Waals surface area contributed by atoms with E-state index < -0.39 is 17.7 Å². The Morgan fingerprint density at radius 1 is 1.19 bits per heavy atom. The fourth-order valence-electron chi connectivity index (χ4n) is 1.70. The third kappa shape index (κ3) is 3.95. The van der Waals surface area contributed by atoms with Crippen LogP contribution in [0.3, 0.4) is 0 Å². The van der Waals surface area contributed by atoms with Crippen LogP contribution in [0.25, 0.3) is 0 Å². The van der Waals surface area contributed by atoms with Crippen molar-refractivity contribution in [1.82, 2.24) is 4.98 Å². The van der Waals surface area contributed by atoms with Crippen molar-refractivity contribution < 1.29 is 23.1 Å². The lowest BCUT2D eigenvalue weighted by atomic mass is 10.1. The lowest BCUT2D eigenvalue weighted by molar-refractivity contribution is -0.137. The average Bonchev–Trinajstić information content (AvgIpc) is 2.45. The Hall–Kier alpha value is -2.57. The van der Waals surface area contributed by atoms with Gasteiger partial charge in [-0.2, -0.15) is 13.2 Å². The van der Waals surface area contributed by atoms with Gasteiger partial charge in [0.2, 0.25) is 0 Å². The topological polar surface area (TPSA) is 62.2 Å². The maximum atomic E-state index is 12.6. The number of hydrogen-bond donors (Lipinski definition) is 2. The third-order valence-corrected chi connectivity index (χ3v) is 2.70. The van der Waals surface area contributed by atoms with Gasteiger partial charge in [-0.3, -0.25) is 0 Å². The highest BCUT2D eigenvalue weighted by Gasteiger charge is 2.30. The van der Waals surface area contributed by atoms with Gasteiger partial charge in [-0.15, -0.1) is 0 Å². The molecule has 2 rings (SSSR count). The summed E-state index contributed by atoms with van der Waals surface area (Å²) in [5, 5.41) is 11.6. The van der Waals surface area contributed by atoms with Crippen LogP contribution in [0.5, 0.6) is 0 Å². The van der Waals surface area contributed by atoms with Gasteiger partial charge in [0, 0.05) is 6.54 Å². The zero-order valence-corrected chi connectivity index (χ0v) is 10.7. The molecule has 0 radical (unpaired) electrons. The predicted molar refractivity (Wildman–Crippen MR) is 70.0 cm³/mol. The van der Waals surface area contributed by atoms with E-state index in [0.29, 0.717) is 5.56 Å². The summed E-state index contributed by atoms with van der Waals surface area (Å²) in [5.41, 5.74) is -0.439. The van der Waals surface area contributed by atoms with E-state index in [1.807, 2.05) is 0 Å². The van der Waals surface area contributed by atoms with Crippen LogP contribution in [0, 0.1) is 0 Å². The first-order valence-corrected chi connectivity index (χ1v) is 5.96. The van der Waals surface area contributed by atoms with E-state index in [0.717, 1.165) is 12.1 Å². The molecular weight excluding hydrogens is 285 g/mol. The van der Waals surface area contributed by atoms with Gasteiger partial charge in [0.15, 0.2) is 5.69 Å². The fourth-order valence-corrected chi connectivity index (χ4v) is 1.70. The molecule has 2 N–H and O–H groups in total. The van der Waals surface area contributed by atoms with Crippen molar-refractivity contribution in [2.24, 2.45) is 0 Å². The van der Waals surface area contributed by atoms with Crippen molar-refractivity contribution in [3.8, 4) is 0 Å². The monoisotopic (exact) mass is 296 g/mol. The van der Waals surface area contributed by atoms with Gasteiger partial charge < -0.3 is 10.4 Å². The van der Waals surface area contributed by atoms with Crippen molar-refractivity contribution in [2.45, 2.75) is 12.7 Å². The van der Waals surface area contributed by atoms with Crippen LogP contribution in [-0.4, -0.2) is 16.1 Å². The molecule has 0 saturated heterocycles. The summed E-state index contributed by atoms with van der Waals surface area (Å²) in [6.07, 6.45) is -4.39. The minimum Gasteiger partial charge on any atom is -0.477 e. The highest BCUT2D eigenvalue weighted by Crippen LogP contribution is 2.29. The van der Waals surface area contributed by atoms with Crippen molar-refractivity contribution in [3.63, 3.8) is 0 Å². The smallest absolute Gasteiger partial charge is 0.416 e. The van der Waals surface area contributed by atoms with Crippen molar-refractivity contribution in [3.05, 3.63) is 59.3 Å². The van der Waals surface area contributed by atoms with Gasteiger partial charge in [0.25, 0.3) is 0 Å². The molecule has 7 heteroatoms. The molecule has 1 heterocycles. The second-order valence-corrected chi connectivity index (χ2v) is 4.26. The number of halogens is 3. The standard InChI is InChI=1S/C14H11F3N2O2/c15-14(16,17)10-4-1-3-9(7-10)8-18-12-6-2-5-11(19-12)13(20)21/h1-7H,8H2,(H,18,19)(H,20,21). The number of pyridine rings is 1. The highest BCUT2D eigenvalue weighted by atomic mass is 19.4. The van der Waals surface area contributed by atoms with Crippen LogP contribution in [0.2, 0.25) is 0 Å². The lowest BCUT2D eigenvalue weighted by Crippen LogP contribution is -2.08. The van der Waals surface area contributed by atoms with E-state index in [1.54, 1.807) is 12.1 Å². The van der Waals surface area contributed by atoms with Crippen LogP contribution in [-0.2, 0) is 12.7 Å². The Morgan fingerprint density at radius 3 is 2.57 bits per heavy atom. The largest absolute Gasteiger partial charge is 0.477 e. The predicted octanol–water partition coefficient (Wildman–Crippen LogP) is 3.41. The summed E-state index contributed by atoms with van der Waals surface area (Å²) in [6.45, 7) is 0.111. The number of hydrogen-bond acceptors (Lipinski definition) is 3. The Balaban J connectivity index is 2.10. The molecule has 0 atom stereocenters. The van der Waals surface area contributed by atoms with E-state index in [2.05, 4.69) is 10.3 Å². The number of aromatic nitrogens is 1. The van der Waals surface area contributed by atoms with E-state index in [1.165, 1.54) is 18.2 Å². The molecule has 0 unspecified atom stereocenters. The van der Waals surface area contributed by atoms with Crippen LogP contribution in [0.1, 0.15) is 21.6 Å². The normalized spacial score (nSPS) is 11.2. The van der Waals surface area contributed by atoms with Crippen LogP contribution in [0.15, 0.2) is 42.5 Å². The van der Waals surface area contributed by atoms with E-state index in [4.69, 9.17) is 5.11 Å². The Morgan fingerprint density at radius 2 is 1.90 bits per heavy atom. The maximum absolute atomic E-state index is 12.6. The van der Waals surface area contributed by atoms with Gasteiger partial charge in [-0.1, -0.05) is 18.2 Å². The summed E-state index contributed by atoms with van der Waals surface area (Å²) >= 11 is 0. The minimum atomic E-state index is -4.39. The zero-order chi connectivity index (χ0) is 15.5. The molecule has 0 fully saturated rings. The molecule has 0 aliphatic heterocycles. The zero-order valence-electron chi connectivity index (χ0n) is 10.7. The van der Waals surface area contributed by atoms with Gasteiger partial charge in [0.1, 0.15) is 5.82 Å². The van der Waals surface area contributed by atoms with Gasteiger partial charge in [-0.25, -0.2) is 9.78 Å². The lowest BCUT2D eigenvalue weighted by Gasteiger charge is -2.10. The first-order valence-electron chi connectivity index (χ1n) is 5.96. The molecule has 0 saturated carbocycles. The number of alkyl halides is 3. The van der Waals surface area contributed by atoms with Crippen molar-refractivity contribution in [1.29, 1.82) is 0 Å². The fraction of sp³-hybridized carbons (Fsp3) is 0.143. The van der Waals surface area contributed by atoms with Crippen molar-refractivity contribution >= 4 is 11.8 Å². The van der Waals surface area contributed by atoms with E-state index in [-0.39, 0.29) is 18.1 Å². The van der Waals surface area contributed by atoms with E-state index >= 15 is 0 Å². The maximum Gasteiger partial charge on any atom is 0.416 e. The van der Waals surface area contributed by atoms with Crippen LogP contribution < -0.4 is 5.32 Å². The summed E-state index contributed by atoms with van der Waals surface area (Å²) < 4.78 is 37.7. The number of anilines is 1. The number of benzene rings is 1. The number of rotatable bonds is 4. The Kier molecular flexibility index (Phi) is 4.11. The SMILES string of the molecule is O=C(O)c1cccc(NCc2cccc(C(F)(F)F)c2)n1. The second-order valence-electron chi connectivity index (χ2n) is 4.26. The quantitative estimate of drug-likeness (QED) is 0.907.